The van der Waals surface area contributed by atoms with Crippen LogP contribution in [0.25, 0.3) is 27.6 Å². The molecular formula is C33H23ClN2O4. The molecule has 1 aliphatic rings. The molecule has 5 aromatic carbocycles. The number of carbonyl (C=O) groups is 3. The van der Waals surface area contributed by atoms with E-state index in [1.165, 1.54) is 12.1 Å². The first kappa shape index (κ1) is 25.3. The number of urea groups is 1. The van der Waals surface area contributed by atoms with Crippen LogP contribution >= 0.6 is 11.6 Å². The number of aryl methyl sites for hydroxylation is 1. The summed E-state index contributed by atoms with van der Waals surface area (Å²) in [7, 11) is 0. The topological polar surface area (TPSA) is 75.7 Å². The highest BCUT2D eigenvalue weighted by atomic mass is 35.5. The van der Waals surface area contributed by atoms with Crippen LogP contribution in [0.3, 0.4) is 0 Å². The average molecular weight is 547 g/mol. The summed E-state index contributed by atoms with van der Waals surface area (Å²) in [6, 6.07) is 29.2. The van der Waals surface area contributed by atoms with Crippen LogP contribution in [0.15, 0.2) is 103 Å². The molecule has 196 valence electrons. The van der Waals surface area contributed by atoms with Crippen LogP contribution in [0.4, 0.5) is 10.5 Å². The summed E-state index contributed by atoms with van der Waals surface area (Å²) in [4.78, 5) is 40.1. The second-order valence-electron chi connectivity index (χ2n) is 9.51. The summed E-state index contributed by atoms with van der Waals surface area (Å²) in [5.74, 6) is -1.03. The number of imide groups is 2. The summed E-state index contributed by atoms with van der Waals surface area (Å²) in [6.07, 6.45) is 1.50. The van der Waals surface area contributed by atoms with Crippen LogP contribution in [0.2, 0.25) is 5.02 Å². The third-order valence-corrected chi connectivity index (χ3v) is 7.27. The molecule has 0 spiro atoms. The van der Waals surface area contributed by atoms with Crippen LogP contribution in [0.1, 0.15) is 16.7 Å². The summed E-state index contributed by atoms with van der Waals surface area (Å²) in [5, 5.41) is 6.55. The number of carbonyl (C=O) groups excluding carboxylic acids is 3. The van der Waals surface area contributed by atoms with Gasteiger partial charge in [0.15, 0.2) is 0 Å². The van der Waals surface area contributed by atoms with Crippen molar-refractivity contribution in [3.63, 3.8) is 0 Å². The van der Waals surface area contributed by atoms with Gasteiger partial charge in [0.25, 0.3) is 11.8 Å². The Morgan fingerprint density at radius 3 is 2.30 bits per heavy atom. The summed E-state index contributed by atoms with van der Waals surface area (Å²) >= 11 is 6.11. The van der Waals surface area contributed by atoms with Gasteiger partial charge >= 0.3 is 6.03 Å². The van der Waals surface area contributed by atoms with E-state index in [4.69, 9.17) is 16.3 Å². The maximum absolute atomic E-state index is 13.6. The Labute approximate surface area is 235 Å². The van der Waals surface area contributed by atoms with Crippen LogP contribution in [0.5, 0.6) is 5.75 Å². The van der Waals surface area contributed by atoms with E-state index in [0.29, 0.717) is 16.3 Å². The molecule has 0 unspecified atom stereocenters. The van der Waals surface area contributed by atoms with Gasteiger partial charge in [-0.3, -0.25) is 14.9 Å². The van der Waals surface area contributed by atoms with Crippen molar-refractivity contribution in [2.45, 2.75) is 13.5 Å². The molecule has 4 amide bonds. The van der Waals surface area contributed by atoms with E-state index >= 15 is 0 Å². The highest BCUT2D eigenvalue weighted by Crippen LogP contribution is 2.33. The van der Waals surface area contributed by atoms with E-state index < -0.39 is 17.8 Å². The van der Waals surface area contributed by atoms with Crippen molar-refractivity contribution >= 4 is 62.8 Å². The molecule has 1 heterocycles. The number of hydrogen-bond acceptors (Lipinski definition) is 4. The molecule has 5 aromatic rings. The number of anilines is 1. The van der Waals surface area contributed by atoms with E-state index in [2.05, 4.69) is 29.6 Å². The lowest BCUT2D eigenvalue weighted by atomic mass is 9.99. The quantitative estimate of drug-likeness (QED) is 0.187. The molecule has 1 aliphatic heterocycles. The van der Waals surface area contributed by atoms with Gasteiger partial charge in [-0.25, -0.2) is 9.69 Å². The molecule has 0 aromatic heterocycles. The summed E-state index contributed by atoms with van der Waals surface area (Å²) in [5.41, 5.74) is 2.78. The lowest BCUT2D eigenvalue weighted by molar-refractivity contribution is -0.122. The molecule has 1 N–H and O–H groups in total. The fourth-order valence-electron chi connectivity index (χ4n) is 4.99. The third-order valence-electron chi connectivity index (χ3n) is 7.03. The Kier molecular flexibility index (Phi) is 6.54. The predicted octanol–water partition coefficient (Wildman–Crippen LogP) is 7.20. The Morgan fingerprint density at radius 2 is 1.52 bits per heavy atom. The van der Waals surface area contributed by atoms with Crippen LogP contribution in [-0.2, 0) is 16.2 Å². The maximum atomic E-state index is 13.6. The van der Waals surface area contributed by atoms with Gasteiger partial charge in [0.2, 0.25) is 0 Å². The average Bonchev–Trinajstić information content (AvgIpc) is 2.95. The number of rotatable bonds is 5. The second-order valence-corrected chi connectivity index (χ2v) is 9.94. The number of halogens is 1. The van der Waals surface area contributed by atoms with Crippen LogP contribution < -0.4 is 15.0 Å². The van der Waals surface area contributed by atoms with Gasteiger partial charge < -0.3 is 4.74 Å². The Balaban J connectivity index is 1.44. The molecule has 1 saturated heterocycles. The number of fused-ring (bicyclic) bond motifs is 2. The van der Waals surface area contributed by atoms with E-state index in [9.17, 15) is 14.4 Å². The normalized spacial score (nSPS) is 14.7. The predicted molar refractivity (Wildman–Crippen MR) is 157 cm³/mol. The zero-order valence-corrected chi connectivity index (χ0v) is 22.2. The van der Waals surface area contributed by atoms with Crippen molar-refractivity contribution in [2.24, 2.45) is 0 Å². The number of ether oxygens (including phenoxy) is 1. The standard InChI is InChI=1S/C33H23ClN2O4/c1-20-13-14-21-7-3-5-12-26(21)29(20)19-40-30-16-15-22-8-2-4-11-25(22)27(30)18-28-31(37)35-33(39)36(32(28)38)24-10-6-9-23(34)17-24/h2-18H,19H2,1H3,(H,35,37,39)/b28-18+. The minimum atomic E-state index is -0.838. The lowest BCUT2D eigenvalue weighted by Gasteiger charge is -2.26. The van der Waals surface area contributed by atoms with E-state index in [1.54, 1.807) is 18.2 Å². The van der Waals surface area contributed by atoms with Gasteiger partial charge in [-0.2, -0.15) is 0 Å². The van der Waals surface area contributed by atoms with Crippen molar-refractivity contribution in [2.75, 3.05) is 4.90 Å². The Morgan fingerprint density at radius 1 is 0.825 bits per heavy atom. The molecule has 0 atom stereocenters. The highest BCUT2D eigenvalue weighted by Gasteiger charge is 2.37. The molecule has 1 fully saturated rings. The fourth-order valence-corrected chi connectivity index (χ4v) is 5.17. The first-order valence-electron chi connectivity index (χ1n) is 12.7. The number of benzene rings is 5. The molecule has 40 heavy (non-hydrogen) atoms. The summed E-state index contributed by atoms with van der Waals surface area (Å²) < 4.78 is 6.40. The minimum Gasteiger partial charge on any atom is -0.488 e. The van der Waals surface area contributed by atoms with Gasteiger partial charge in [-0.05, 0) is 64.4 Å². The smallest absolute Gasteiger partial charge is 0.335 e. The zero-order chi connectivity index (χ0) is 27.8. The largest absolute Gasteiger partial charge is 0.488 e. The van der Waals surface area contributed by atoms with Gasteiger partial charge in [0.05, 0.1) is 5.69 Å². The molecule has 0 saturated carbocycles. The molecule has 6 rings (SSSR count). The zero-order valence-electron chi connectivity index (χ0n) is 21.5. The van der Waals surface area contributed by atoms with Crippen molar-refractivity contribution in [1.82, 2.24) is 5.32 Å². The molecule has 0 radical (unpaired) electrons. The first-order chi connectivity index (χ1) is 19.4. The SMILES string of the molecule is Cc1ccc2ccccc2c1COc1ccc2ccccc2c1/C=C1\C(=O)NC(=O)N(c2cccc(Cl)c2)C1=O. The van der Waals surface area contributed by atoms with Gasteiger partial charge in [-0.1, -0.05) is 84.4 Å². The van der Waals surface area contributed by atoms with E-state index in [-0.39, 0.29) is 17.9 Å². The van der Waals surface area contributed by atoms with Crippen molar-refractivity contribution in [3.05, 3.63) is 124 Å². The van der Waals surface area contributed by atoms with E-state index in [0.717, 1.165) is 37.6 Å². The van der Waals surface area contributed by atoms with Crippen LogP contribution in [-0.4, -0.2) is 17.8 Å². The van der Waals surface area contributed by atoms with E-state index in [1.807, 2.05) is 55.5 Å². The van der Waals surface area contributed by atoms with Gasteiger partial charge in [-0.15, -0.1) is 0 Å². The molecule has 6 nitrogen and oxygen atoms in total. The lowest BCUT2D eigenvalue weighted by Crippen LogP contribution is -2.54. The Bertz CT molecular complexity index is 1880. The Hall–Kier alpha value is -4.94. The first-order valence-corrected chi connectivity index (χ1v) is 13.1. The molecule has 0 aliphatic carbocycles. The molecule has 7 heteroatoms. The maximum Gasteiger partial charge on any atom is 0.335 e. The molecule has 0 bridgehead atoms. The number of nitrogens with one attached hydrogen (secondary N) is 1. The van der Waals surface area contributed by atoms with Gasteiger partial charge in [0.1, 0.15) is 17.9 Å². The number of hydrogen-bond donors (Lipinski definition) is 1. The minimum absolute atomic E-state index is 0.192. The van der Waals surface area contributed by atoms with Crippen molar-refractivity contribution in [1.29, 1.82) is 0 Å². The number of amides is 4. The third kappa shape index (κ3) is 4.59. The van der Waals surface area contributed by atoms with Crippen LogP contribution in [0, 0.1) is 6.92 Å². The monoisotopic (exact) mass is 546 g/mol. The summed E-state index contributed by atoms with van der Waals surface area (Å²) in [6.45, 7) is 2.33. The van der Waals surface area contributed by atoms with Crippen molar-refractivity contribution < 1.29 is 19.1 Å². The number of barbiturate groups is 1. The van der Waals surface area contributed by atoms with Gasteiger partial charge in [0, 0.05) is 16.1 Å². The fraction of sp³-hybridized carbons (Fsp3) is 0.0606. The highest BCUT2D eigenvalue weighted by molar-refractivity contribution is 6.39. The second kappa shape index (κ2) is 10.3. The number of nitrogens with zero attached hydrogens (tertiary/aromatic N) is 1. The molecular weight excluding hydrogens is 524 g/mol. The van der Waals surface area contributed by atoms with Crippen molar-refractivity contribution in [3.8, 4) is 5.75 Å².